The van der Waals surface area contributed by atoms with Crippen LogP contribution in [0.4, 0.5) is 0 Å². The number of nitrogens with one attached hydrogen (secondary N) is 1. The van der Waals surface area contributed by atoms with Gasteiger partial charge in [0, 0.05) is 64.1 Å². The first-order valence-electron chi connectivity index (χ1n) is 8.66. The second kappa shape index (κ2) is 7.03. The Hall–Kier alpha value is -1.48. The molecule has 0 spiro atoms. The van der Waals surface area contributed by atoms with E-state index in [0.29, 0.717) is 19.0 Å². The number of piperazine rings is 1. The molecule has 0 aliphatic carbocycles. The smallest absolute Gasteiger partial charge is 0.281 e. The lowest BCUT2D eigenvalue weighted by Gasteiger charge is -2.35. The molecule has 0 aromatic carbocycles. The molecule has 7 nitrogen and oxygen atoms in total. The number of fused-ring (bicyclic) bond motifs is 1. The molecule has 0 saturated carbocycles. The van der Waals surface area contributed by atoms with Gasteiger partial charge in [-0.05, 0) is 23.6 Å². The number of nitrogens with zero attached hydrogens (tertiary/aromatic N) is 4. The molecular formula is C17H27N5O2S. The summed E-state index contributed by atoms with van der Waals surface area (Å²) in [6.45, 7) is 7.69. The van der Waals surface area contributed by atoms with Crippen molar-refractivity contribution in [3.63, 3.8) is 0 Å². The Labute approximate surface area is 149 Å². The van der Waals surface area contributed by atoms with Crippen molar-refractivity contribution in [3.8, 4) is 0 Å². The third-order valence-electron chi connectivity index (χ3n) is 4.79. The van der Waals surface area contributed by atoms with Crippen LogP contribution in [0.1, 0.15) is 31.0 Å². The zero-order valence-corrected chi connectivity index (χ0v) is 16.2. The standard InChI is InChI=1S/C17H27N5O2S/c1-13(2)16-15(14-6-5-7-18-17(14)19-16)12-21-8-10-22(11-9-21)25(23,24)20(3)4/h5-7,13H,8-12H2,1-4H3,(H,18,19). The number of rotatable bonds is 5. The molecule has 0 atom stereocenters. The molecule has 8 heteroatoms. The molecule has 0 unspecified atom stereocenters. The van der Waals surface area contributed by atoms with Crippen molar-refractivity contribution in [2.75, 3.05) is 40.3 Å². The van der Waals surface area contributed by atoms with Crippen LogP contribution < -0.4 is 0 Å². The first-order chi connectivity index (χ1) is 11.8. The fourth-order valence-electron chi connectivity index (χ4n) is 3.33. The summed E-state index contributed by atoms with van der Waals surface area (Å²) in [5.41, 5.74) is 3.43. The van der Waals surface area contributed by atoms with Gasteiger partial charge >= 0.3 is 0 Å². The lowest BCUT2D eigenvalue weighted by molar-refractivity contribution is 0.177. The molecule has 138 valence electrons. The van der Waals surface area contributed by atoms with E-state index in [2.05, 4.69) is 34.8 Å². The Bertz CT molecular complexity index is 836. The lowest BCUT2D eigenvalue weighted by Crippen LogP contribution is -2.51. The Morgan fingerprint density at radius 2 is 1.92 bits per heavy atom. The maximum Gasteiger partial charge on any atom is 0.281 e. The van der Waals surface area contributed by atoms with Gasteiger partial charge in [0.05, 0.1) is 0 Å². The summed E-state index contributed by atoms with van der Waals surface area (Å²) in [5.74, 6) is 0.389. The molecule has 25 heavy (non-hydrogen) atoms. The largest absolute Gasteiger partial charge is 0.343 e. The van der Waals surface area contributed by atoms with Gasteiger partial charge in [-0.15, -0.1) is 0 Å². The van der Waals surface area contributed by atoms with Gasteiger partial charge in [0.15, 0.2) is 0 Å². The van der Waals surface area contributed by atoms with Crippen LogP contribution in [0.25, 0.3) is 11.0 Å². The maximum atomic E-state index is 12.2. The van der Waals surface area contributed by atoms with Crippen molar-refractivity contribution in [1.29, 1.82) is 0 Å². The molecule has 0 bridgehead atoms. The number of aromatic nitrogens is 2. The van der Waals surface area contributed by atoms with Gasteiger partial charge in [0.1, 0.15) is 5.65 Å². The summed E-state index contributed by atoms with van der Waals surface area (Å²) in [6.07, 6.45) is 1.80. The monoisotopic (exact) mass is 365 g/mol. The predicted molar refractivity (Wildman–Crippen MR) is 99.6 cm³/mol. The third-order valence-corrected chi connectivity index (χ3v) is 6.73. The van der Waals surface area contributed by atoms with E-state index in [9.17, 15) is 8.42 Å². The van der Waals surface area contributed by atoms with Gasteiger partial charge in [-0.2, -0.15) is 17.0 Å². The summed E-state index contributed by atoms with van der Waals surface area (Å²) in [6, 6.07) is 4.07. The van der Waals surface area contributed by atoms with Crippen LogP contribution in [-0.2, 0) is 16.8 Å². The molecule has 1 N–H and O–H groups in total. The first-order valence-corrected chi connectivity index (χ1v) is 10.1. The molecule has 1 aliphatic rings. The van der Waals surface area contributed by atoms with Crippen molar-refractivity contribution in [2.45, 2.75) is 26.3 Å². The molecule has 2 aromatic rings. The Balaban J connectivity index is 1.77. The van der Waals surface area contributed by atoms with Crippen molar-refractivity contribution in [3.05, 3.63) is 29.6 Å². The molecule has 0 radical (unpaired) electrons. The highest BCUT2D eigenvalue weighted by Crippen LogP contribution is 2.28. The number of pyridine rings is 1. The number of hydrogen-bond donors (Lipinski definition) is 1. The van der Waals surface area contributed by atoms with E-state index in [1.54, 1.807) is 24.6 Å². The van der Waals surface area contributed by atoms with E-state index < -0.39 is 10.2 Å². The summed E-state index contributed by atoms with van der Waals surface area (Å²) in [7, 11) is -0.160. The first kappa shape index (κ1) is 18.3. The number of hydrogen-bond acceptors (Lipinski definition) is 4. The molecule has 3 rings (SSSR count). The number of H-pyrrole nitrogens is 1. The highest BCUT2D eigenvalue weighted by Gasteiger charge is 2.29. The van der Waals surface area contributed by atoms with E-state index >= 15 is 0 Å². The molecule has 1 saturated heterocycles. The van der Waals surface area contributed by atoms with Gasteiger partial charge < -0.3 is 4.98 Å². The van der Waals surface area contributed by atoms with Gasteiger partial charge in [-0.1, -0.05) is 13.8 Å². The number of aromatic amines is 1. The SMILES string of the molecule is CC(C)c1[nH]c2ncccc2c1CN1CCN(S(=O)(=O)N(C)C)CC1. The molecule has 1 fully saturated rings. The minimum absolute atomic E-state index is 0.389. The van der Waals surface area contributed by atoms with Crippen LogP contribution in [0.2, 0.25) is 0 Å². The highest BCUT2D eigenvalue weighted by atomic mass is 32.2. The van der Waals surface area contributed by atoms with Crippen molar-refractivity contribution in [2.24, 2.45) is 0 Å². The quantitative estimate of drug-likeness (QED) is 0.874. The van der Waals surface area contributed by atoms with E-state index in [1.807, 2.05) is 6.07 Å². The van der Waals surface area contributed by atoms with Crippen molar-refractivity contribution < 1.29 is 8.42 Å². The molecular weight excluding hydrogens is 338 g/mol. The fourth-order valence-corrected chi connectivity index (χ4v) is 4.42. The summed E-state index contributed by atoms with van der Waals surface area (Å²) in [4.78, 5) is 10.2. The van der Waals surface area contributed by atoms with Crippen LogP contribution in [0.5, 0.6) is 0 Å². The summed E-state index contributed by atoms with van der Waals surface area (Å²) >= 11 is 0. The van der Waals surface area contributed by atoms with E-state index in [1.165, 1.54) is 15.6 Å². The highest BCUT2D eigenvalue weighted by molar-refractivity contribution is 7.86. The van der Waals surface area contributed by atoms with E-state index in [0.717, 1.165) is 30.7 Å². The fraction of sp³-hybridized carbons (Fsp3) is 0.588. The van der Waals surface area contributed by atoms with Gasteiger partial charge in [-0.25, -0.2) is 4.98 Å². The van der Waals surface area contributed by atoms with E-state index in [4.69, 9.17) is 0 Å². The third kappa shape index (κ3) is 3.57. The average molecular weight is 366 g/mol. The molecule has 0 amide bonds. The van der Waals surface area contributed by atoms with Crippen LogP contribution in [0.3, 0.4) is 0 Å². The minimum atomic E-state index is -3.32. The maximum absolute atomic E-state index is 12.2. The Morgan fingerprint density at radius 3 is 2.52 bits per heavy atom. The lowest BCUT2D eigenvalue weighted by atomic mass is 10.0. The zero-order chi connectivity index (χ0) is 18.2. The van der Waals surface area contributed by atoms with Crippen LogP contribution >= 0.6 is 0 Å². The normalized spacial score (nSPS) is 17.8. The molecule has 2 aromatic heterocycles. The average Bonchev–Trinajstić information content (AvgIpc) is 2.94. The summed E-state index contributed by atoms with van der Waals surface area (Å²) < 4.78 is 27.3. The Kier molecular flexibility index (Phi) is 5.15. The second-order valence-corrected chi connectivity index (χ2v) is 9.18. The minimum Gasteiger partial charge on any atom is -0.343 e. The topological polar surface area (TPSA) is 72.5 Å². The zero-order valence-electron chi connectivity index (χ0n) is 15.4. The predicted octanol–water partition coefficient (Wildman–Crippen LogP) is 1.61. The molecule has 3 heterocycles. The van der Waals surface area contributed by atoms with E-state index in [-0.39, 0.29) is 0 Å². The van der Waals surface area contributed by atoms with Crippen LogP contribution in [0, 0.1) is 0 Å². The van der Waals surface area contributed by atoms with Gasteiger partial charge in [0.2, 0.25) is 0 Å². The Morgan fingerprint density at radius 1 is 1.24 bits per heavy atom. The van der Waals surface area contributed by atoms with Crippen molar-refractivity contribution >= 4 is 21.2 Å². The van der Waals surface area contributed by atoms with Crippen molar-refractivity contribution in [1.82, 2.24) is 23.5 Å². The van der Waals surface area contributed by atoms with Crippen LogP contribution in [-0.4, -0.2) is 72.2 Å². The van der Waals surface area contributed by atoms with Crippen LogP contribution in [0.15, 0.2) is 18.3 Å². The second-order valence-electron chi connectivity index (χ2n) is 7.04. The molecule has 1 aliphatic heterocycles. The summed E-state index contributed by atoms with van der Waals surface area (Å²) in [5, 5.41) is 1.16. The van der Waals surface area contributed by atoms with Gasteiger partial charge in [0.25, 0.3) is 10.2 Å². The van der Waals surface area contributed by atoms with Gasteiger partial charge in [-0.3, -0.25) is 4.90 Å².